The molecule has 1 aromatic rings. The molecule has 0 spiro atoms. The summed E-state index contributed by atoms with van der Waals surface area (Å²) in [4.78, 5) is 0. The molecule has 2 rings (SSSR count). The van der Waals surface area contributed by atoms with Crippen LogP contribution in [0.5, 0.6) is 0 Å². The highest BCUT2D eigenvalue weighted by Crippen LogP contribution is 2.28. The molecule has 1 heterocycles. The number of nitrogens with zero attached hydrogens (tertiary/aromatic N) is 1. The Labute approximate surface area is 70.7 Å². The standard InChI is InChI=1S/C10H7NO/c11-6-5-10-9-4-2-1-3-8(9)7-12-10/h1-5H,7H2/b10-5-. The van der Waals surface area contributed by atoms with Gasteiger partial charge in [0.15, 0.2) is 0 Å². The summed E-state index contributed by atoms with van der Waals surface area (Å²) >= 11 is 0. The highest BCUT2D eigenvalue weighted by atomic mass is 16.5. The predicted octanol–water partition coefficient (Wildman–Crippen LogP) is 2.08. The van der Waals surface area contributed by atoms with E-state index >= 15 is 0 Å². The van der Waals surface area contributed by atoms with Crippen molar-refractivity contribution >= 4 is 5.76 Å². The van der Waals surface area contributed by atoms with Crippen LogP contribution in [0, 0.1) is 11.3 Å². The van der Waals surface area contributed by atoms with Gasteiger partial charge in [0, 0.05) is 11.1 Å². The van der Waals surface area contributed by atoms with Crippen LogP contribution in [-0.4, -0.2) is 0 Å². The van der Waals surface area contributed by atoms with Gasteiger partial charge >= 0.3 is 0 Å². The molecule has 0 N–H and O–H groups in total. The average Bonchev–Trinajstić information content (AvgIpc) is 2.50. The van der Waals surface area contributed by atoms with Gasteiger partial charge in [0.25, 0.3) is 0 Å². The third-order valence-electron chi connectivity index (χ3n) is 1.86. The van der Waals surface area contributed by atoms with Gasteiger partial charge in [-0.25, -0.2) is 0 Å². The Hall–Kier alpha value is -1.75. The van der Waals surface area contributed by atoms with Crippen LogP contribution in [-0.2, 0) is 11.3 Å². The first-order chi connectivity index (χ1) is 5.92. The molecule has 1 aromatic carbocycles. The lowest BCUT2D eigenvalue weighted by Crippen LogP contribution is -1.77. The van der Waals surface area contributed by atoms with Crippen LogP contribution >= 0.6 is 0 Å². The van der Waals surface area contributed by atoms with Gasteiger partial charge in [-0.3, -0.25) is 0 Å². The lowest BCUT2D eigenvalue weighted by atomic mass is 10.1. The van der Waals surface area contributed by atoms with Crippen LogP contribution in [0.15, 0.2) is 30.3 Å². The topological polar surface area (TPSA) is 33.0 Å². The van der Waals surface area contributed by atoms with E-state index in [1.54, 1.807) is 0 Å². The number of fused-ring (bicyclic) bond motifs is 1. The van der Waals surface area contributed by atoms with E-state index in [4.69, 9.17) is 10.00 Å². The van der Waals surface area contributed by atoms with Gasteiger partial charge in [-0.1, -0.05) is 24.3 Å². The molecule has 12 heavy (non-hydrogen) atoms. The fourth-order valence-corrected chi connectivity index (χ4v) is 1.30. The van der Waals surface area contributed by atoms with Crippen molar-refractivity contribution in [3.05, 3.63) is 41.5 Å². The highest BCUT2D eigenvalue weighted by Gasteiger charge is 2.15. The van der Waals surface area contributed by atoms with Gasteiger partial charge in [0.1, 0.15) is 12.4 Å². The summed E-state index contributed by atoms with van der Waals surface area (Å²) in [7, 11) is 0. The number of benzene rings is 1. The van der Waals surface area contributed by atoms with Crippen LogP contribution in [0.4, 0.5) is 0 Å². The molecular formula is C10H7NO. The second kappa shape index (κ2) is 2.71. The number of rotatable bonds is 0. The molecule has 0 aromatic heterocycles. The van der Waals surface area contributed by atoms with E-state index in [9.17, 15) is 0 Å². The van der Waals surface area contributed by atoms with Crippen molar-refractivity contribution in [3.8, 4) is 6.07 Å². The Kier molecular flexibility index (Phi) is 1.56. The first-order valence-electron chi connectivity index (χ1n) is 3.72. The normalized spacial score (nSPS) is 16.8. The molecule has 58 valence electrons. The van der Waals surface area contributed by atoms with Crippen LogP contribution in [0.2, 0.25) is 0 Å². The van der Waals surface area contributed by atoms with E-state index in [1.807, 2.05) is 30.3 Å². The zero-order chi connectivity index (χ0) is 8.39. The maximum absolute atomic E-state index is 8.45. The van der Waals surface area contributed by atoms with Crippen molar-refractivity contribution in [2.75, 3.05) is 0 Å². The van der Waals surface area contributed by atoms with Gasteiger partial charge in [0.2, 0.25) is 0 Å². The Balaban J connectivity index is 2.51. The third kappa shape index (κ3) is 0.960. The van der Waals surface area contributed by atoms with E-state index in [2.05, 4.69) is 0 Å². The smallest absolute Gasteiger partial charge is 0.137 e. The van der Waals surface area contributed by atoms with E-state index in [-0.39, 0.29) is 0 Å². The number of hydrogen-bond donors (Lipinski definition) is 0. The summed E-state index contributed by atoms with van der Waals surface area (Å²) in [6, 6.07) is 9.85. The summed E-state index contributed by atoms with van der Waals surface area (Å²) < 4.78 is 5.30. The maximum atomic E-state index is 8.45. The predicted molar refractivity (Wildman–Crippen MR) is 44.8 cm³/mol. The van der Waals surface area contributed by atoms with E-state index in [0.717, 1.165) is 11.1 Å². The third-order valence-corrected chi connectivity index (χ3v) is 1.86. The summed E-state index contributed by atoms with van der Waals surface area (Å²) in [5.41, 5.74) is 2.19. The first-order valence-corrected chi connectivity index (χ1v) is 3.72. The molecule has 1 aliphatic heterocycles. The molecule has 0 atom stereocenters. The zero-order valence-corrected chi connectivity index (χ0v) is 6.45. The molecular weight excluding hydrogens is 150 g/mol. The molecule has 2 heteroatoms. The molecule has 0 bridgehead atoms. The minimum atomic E-state index is 0.587. The van der Waals surface area contributed by atoms with Gasteiger partial charge in [0.05, 0.1) is 12.1 Å². The molecule has 0 radical (unpaired) electrons. The van der Waals surface area contributed by atoms with Crippen LogP contribution in [0.1, 0.15) is 11.1 Å². The minimum absolute atomic E-state index is 0.587. The molecule has 0 amide bonds. The van der Waals surface area contributed by atoms with E-state index < -0.39 is 0 Å². The molecule has 2 nitrogen and oxygen atoms in total. The average molecular weight is 157 g/mol. The Morgan fingerprint density at radius 3 is 3.08 bits per heavy atom. The number of ether oxygens (including phenoxy) is 1. The van der Waals surface area contributed by atoms with Crippen molar-refractivity contribution in [2.45, 2.75) is 6.61 Å². The second-order valence-corrected chi connectivity index (χ2v) is 2.58. The number of nitriles is 1. The SMILES string of the molecule is N#C/C=C1\OCc2ccccc21. The Morgan fingerprint density at radius 1 is 1.42 bits per heavy atom. The molecule has 0 aliphatic carbocycles. The second-order valence-electron chi connectivity index (χ2n) is 2.58. The van der Waals surface area contributed by atoms with E-state index in [1.165, 1.54) is 6.08 Å². The Morgan fingerprint density at radius 2 is 2.25 bits per heavy atom. The lowest BCUT2D eigenvalue weighted by molar-refractivity contribution is 0.285. The van der Waals surface area contributed by atoms with Crippen molar-refractivity contribution in [1.82, 2.24) is 0 Å². The number of hydrogen-bond acceptors (Lipinski definition) is 2. The van der Waals surface area contributed by atoms with E-state index in [0.29, 0.717) is 12.4 Å². The summed E-state index contributed by atoms with van der Waals surface area (Å²) in [5.74, 6) is 0.688. The maximum Gasteiger partial charge on any atom is 0.137 e. The monoisotopic (exact) mass is 157 g/mol. The van der Waals surface area contributed by atoms with Crippen LogP contribution in [0.3, 0.4) is 0 Å². The van der Waals surface area contributed by atoms with Gasteiger partial charge in [-0.15, -0.1) is 0 Å². The van der Waals surface area contributed by atoms with Gasteiger partial charge < -0.3 is 4.74 Å². The van der Waals surface area contributed by atoms with Crippen LogP contribution < -0.4 is 0 Å². The fraction of sp³-hybridized carbons (Fsp3) is 0.100. The quantitative estimate of drug-likeness (QED) is 0.540. The summed E-state index contributed by atoms with van der Waals surface area (Å²) in [6.45, 7) is 0.587. The zero-order valence-electron chi connectivity index (χ0n) is 6.45. The molecule has 0 saturated carbocycles. The van der Waals surface area contributed by atoms with Crippen molar-refractivity contribution in [3.63, 3.8) is 0 Å². The molecule has 0 saturated heterocycles. The fourth-order valence-electron chi connectivity index (χ4n) is 1.30. The first kappa shape index (κ1) is 6.93. The van der Waals surface area contributed by atoms with Gasteiger partial charge in [-0.05, 0) is 0 Å². The Bertz CT molecular complexity index is 374. The molecule has 1 aliphatic rings. The van der Waals surface area contributed by atoms with Crippen molar-refractivity contribution in [2.24, 2.45) is 0 Å². The lowest BCUT2D eigenvalue weighted by Gasteiger charge is -1.94. The molecule has 0 fully saturated rings. The highest BCUT2D eigenvalue weighted by molar-refractivity contribution is 5.67. The van der Waals surface area contributed by atoms with Crippen molar-refractivity contribution < 1.29 is 4.74 Å². The summed E-state index contributed by atoms with van der Waals surface area (Å²) in [6.07, 6.45) is 1.44. The largest absolute Gasteiger partial charge is 0.487 e. The minimum Gasteiger partial charge on any atom is -0.487 e. The number of allylic oxidation sites excluding steroid dienone is 1. The van der Waals surface area contributed by atoms with Crippen LogP contribution in [0.25, 0.3) is 5.76 Å². The van der Waals surface area contributed by atoms with Gasteiger partial charge in [-0.2, -0.15) is 5.26 Å². The molecule has 0 unspecified atom stereocenters. The summed E-state index contributed by atoms with van der Waals surface area (Å²) in [5, 5.41) is 8.45. The van der Waals surface area contributed by atoms with Crippen molar-refractivity contribution in [1.29, 1.82) is 5.26 Å².